The van der Waals surface area contributed by atoms with Crippen molar-refractivity contribution in [1.82, 2.24) is 0 Å². The van der Waals surface area contributed by atoms with Crippen LogP contribution >= 0.6 is 7.82 Å². The van der Waals surface area contributed by atoms with Gasteiger partial charge in [-0.05, 0) is 12.3 Å². The molecular formula is C16H33Na2O6P. The van der Waals surface area contributed by atoms with Crippen molar-refractivity contribution in [2.75, 3.05) is 6.61 Å². The van der Waals surface area contributed by atoms with E-state index in [2.05, 4.69) is 16.5 Å². The topological polar surface area (TPSA) is 90.9 Å². The van der Waals surface area contributed by atoms with E-state index in [9.17, 15) is 14.4 Å². The summed E-state index contributed by atoms with van der Waals surface area (Å²) >= 11 is 0. The Hall–Kier alpha value is 2.03. The fourth-order valence-electron chi connectivity index (χ4n) is 2.18. The van der Waals surface area contributed by atoms with Crippen LogP contribution in [0.25, 0.3) is 0 Å². The van der Waals surface area contributed by atoms with Crippen molar-refractivity contribution in [2.24, 2.45) is 5.92 Å². The first-order chi connectivity index (χ1) is 10.8. The molecule has 0 aromatic heterocycles. The van der Waals surface area contributed by atoms with Crippen LogP contribution in [0.5, 0.6) is 0 Å². The number of ether oxygens (including phenoxy) is 1. The number of phosphoric acid groups is 1. The van der Waals surface area contributed by atoms with Gasteiger partial charge in [0, 0.05) is 6.42 Å². The first-order valence-electron chi connectivity index (χ1n) is 8.84. The summed E-state index contributed by atoms with van der Waals surface area (Å²) in [4.78, 5) is 25.6. The van der Waals surface area contributed by atoms with Gasteiger partial charge in [0.2, 0.25) is 0 Å². The van der Waals surface area contributed by atoms with Crippen LogP contribution < -0.4 is 68.9 Å². The molecular weight excluding hydrogens is 365 g/mol. The summed E-state index contributed by atoms with van der Waals surface area (Å²) in [5.41, 5.74) is 0. The first kappa shape index (κ1) is 31.7. The van der Waals surface area contributed by atoms with E-state index in [-0.39, 0.29) is 65.0 Å². The molecule has 0 aliphatic rings. The van der Waals surface area contributed by atoms with Gasteiger partial charge in [0.05, 0.1) is 6.61 Å². The minimum absolute atomic E-state index is 0. The van der Waals surface area contributed by atoms with E-state index in [0.717, 1.165) is 19.3 Å². The van der Waals surface area contributed by atoms with Gasteiger partial charge in [-0.25, -0.2) is 9.56 Å². The van der Waals surface area contributed by atoms with Crippen LogP contribution in [0.1, 0.15) is 85.0 Å². The molecule has 0 saturated carbocycles. The van der Waals surface area contributed by atoms with Crippen molar-refractivity contribution in [3.8, 4) is 0 Å². The smallest absolute Gasteiger partial charge is 0.788 e. The fourth-order valence-corrected chi connectivity index (χ4v) is 2.38. The quantitative estimate of drug-likeness (QED) is 0.0725. The summed E-state index contributed by atoms with van der Waals surface area (Å²) in [6.45, 7) is 6.58. The Morgan fingerprint density at radius 1 is 0.880 bits per heavy atom. The maximum absolute atomic E-state index is 10.5. The molecule has 0 heterocycles. The zero-order valence-corrected chi connectivity index (χ0v) is 21.7. The second kappa shape index (κ2) is 20.8. The van der Waals surface area contributed by atoms with Crippen LogP contribution in [0.4, 0.5) is 0 Å². The van der Waals surface area contributed by atoms with E-state index in [1.807, 2.05) is 13.8 Å². The van der Waals surface area contributed by atoms with Crippen molar-refractivity contribution in [3.63, 3.8) is 0 Å². The van der Waals surface area contributed by atoms with Gasteiger partial charge in [0.15, 0.2) is 6.29 Å². The van der Waals surface area contributed by atoms with Crippen LogP contribution in [-0.4, -0.2) is 12.9 Å². The SMILES string of the molecule is CCCCCCCCCCCC(OCC(C)C)OOP(=O)([O-])[O-].[Na+].[Na+]. The summed E-state index contributed by atoms with van der Waals surface area (Å²) in [6.07, 6.45) is 10.4. The number of hydrogen-bond donors (Lipinski definition) is 0. The van der Waals surface area contributed by atoms with E-state index in [4.69, 9.17) is 4.74 Å². The van der Waals surface area contributed by atoms with Gasteiger partial charge >= 0.3 is 59.1 Å². The minimum Gasteiger partial charge on any atom is -0.788 e. The Kier molecular flexibility index (Phi) is 26.3. The second-order valence-electron chi connectivity index (χ2n) is 6.39. The second-order valence-corrected chi connectivity index (χ2v) is 7.44. The maximum Gasteiger partial charge on any atom is 1.00 e. The van der Waals surface area contributed by atoms with Gasteiger partial charge in [0.1, 0.15) is 7.82 Å². The van der Waals surface area contributed by atoms with Crippen molar-refractivity contribution >= 4 is 7.82 Å². The molecule has 0 bridgehead atoms. The third kappa shape index (κ3) is 26.0. The van der Waals surface area contributed by atoms with Crippen LogP contribution in [0.3, 0.4) is 0 Å². The fraction of sp³-hybridized carbons (Fsp3) is 1.00. The Bertz CT molecular complexity index is 315. The largest absolute Gasteiger partial charge is 1.00 e. The van der Waals surface area contributed by atoms with Crippen LogP contribution in [-0.2, 0) is 18.9 Å². The van der Waals surface area contributed by atoms with Crippen LogP contribution in [0.15, 0.2) is 0 Å². The molecule has 140 valence electrons. The molecule has 0 amide bonds. The molecule has 0 saturated heterocycles. The first-order valence-corrected chi connectivity index (χ1v) is 10.3. The van der Waals surface area contributed by atoms with Gasteiger partial charge in [-0.1, -0.05) is 72.1 Å². The van der Waals surface area contributed by atoms with Crippen LogP contribution in [0.2, 0.25) is 0 Å². The molecule has 6 nitrogen and oxygen atoms in total. The zero-order valence-electron chi connectivity index (χ0n) is 16.8. The molecule has 0 aliphatic carbocycles. The van der Waals surface area contributed by atoms with E-state index in [1.165, 1.54) is 38.5 Å². The molecule has 0 N–H and O–H groups in total. The van der Waals surface area contributed by atoms with Crippen molar-refractivity contribution in [1.29, 1.82) is 0 Å². The number of hydrogen-bond acceptors (Lipinski definition) is 6. The van der Waals surface area contributed by atoms with Crippen molar-refractivity contribution in [3.05, 3.63) is 0 Å². The van der Waals surface area contributed by atoms with Gasteiger partial charge in [-0.3, -0.25) is 0 Å². The zero-order chi connectivity index (χ0) is 17.6. The van der Waals surface area contributed by atoms with E-state index < -0.39 is 14.1 Å². The average Bonchev–Trinajstić information content (AvgIpc) is 2.46. The predicted molar refractivity (Wildman–Crippen MR) is 86.2 cm³/mol. The average molecular weight is 398 g/mol. The third-order valence-electron chi connectivity index (χ3n) is 3.40. The summed E-state index contributed by atoms with van der Waals surface area (Å²) in [5, 5.41) is 0. The molecule has 1 unspecified atom stereocenters. The van der Waals surface area contributed by atoms with Gasteiger partial charge in [0.25, 0.3) is 0 Å². The predicted octanol–water partition coefficient (Wildman–Crippen LogP) is -2.31. The number of rotatable bonds is 16. The van der Waals surface area contributed by atoms with Gasteiger partial charge in [-0.15, -0.1) is 0 Å². The minimum atomic E-state index is -5.13. The molecule has 25 heavy (non-hydrogen) atoms. The van der Waals surface area contributed by atoms with Gasteiger partial charge < -0.3 is 19.1 Å². The normalized spacial score (nSPS) is 12.6. The van der Waals surface area contributed by atoms with E-state index in [1.54, 1.807) is 0 Å². The standard InChI is InChI=1S/C16H35O6P.2Na/c1-4-5-6-7-8-9-10-11-12-13-16(20-14-15(2)3)21-22-23(17,18)19;;/h15-16H,4-14H2,1-3H3,(H2,17,18,19);;/q;2*+1/p-2. The summed E-state index contributed by atoms with van der Waals surface area (Å²) in [7, 11) is -5.13. The maximum atomic E-state index is 10.5. The summed E-state index contributed by atoms with van der Waals surface area (Å²) in [6, 6.07) is 0. The third-order valence-corrected chi connectivity index (χ3v) is 3.67. The van der Waals surface area contributed by atoms with E-state index >= 15 is 0 Å². The molecule has 9 heteroatoms. The molecule has 0 rings (SSSR count). The van der Waals surface area contributed by atoms with Crippen molar-refractivity contribution < 1.29 is 87.8 Å². The molecule has 0 aliphatic heterocycles. The molecule has 1 atom stereocenters. The molecule has 0 radical (unpaired) electrons. The monoisotopic (exact) mass is 398 g/mol. The number of unbranched alkanes of at least 4 members (excludes halogenated alkanes) is 8. The molecule has 0 spiro atoms. The Morgan fingerprint density at radius 2 is 1.36 bits per heavy atom. The van der Waals surface area contributed by atoms with Crippen molar-refractivity contribution in [2.45, 2.75) is 91.3 Å². The summed E-state index contributed by atoms with van der Waals surface area (Å²) < 4.78 is 19.8. The Balaban J connectivity index is -0.00000242. The Morgan fingerprint density at radius 3 is 1.80 bits per heavy atom. The van der Waals surface area contributed by atoms with Crippen LogP contribution in [0, 0.1) is 5.92 Å². The van der Waals surface area contributed by atoms with Gasteiger partial charge in [-0.2, -0.15) is 0 Å². The molecule has 0 fully saturated rings. The molecule has 0 aromatic carbocycles. The van der Waals surface area contributed by atoms with E-state index in [0.29, 0.717) is 13.0 Å². The Labute approximate surface area is 197 Å². The summed E-state index contributed by atoms with van der Waals surface area (Å²) in [5.74, 6) is 0.288. The molecule has 0 aromatic rings.